The number of esters is 2. The van der Waals surface area contributed by atoms with Gasteiger partial charge in [-0.05, 0) is 48.9 Å². The van der Waals surface area contributed by atoms with Crippen LogP contribution >= 0.6 is 23.4 Å². The Morgan fingerprint density at radius 3 is 2.25 bits per heavy atom. The van der Waals surface area contributed by atoms with Crippen LogP contribution in [-0.2, 0) is 34.4 Å². The molecule has 2 atom stereocenters. The average Bonchev–Trinajstić information content (AvgIpc) is 3.66. The van der Waals surface area contributed by atoms with Gasteiger partial charge in [0.05, 0.1) is 11.3 Å². The molecule has 0 radical (unpaired) electrons. The fourth-order valence-electron chi connectivity index (χ4n) is 4.88. The number of thioether (sulfide) groups is 1. The van der Waals surface area contributed by atoms with Crippen molar-refractivity contribution in [2.24, 2.45) is 11.5 Å². The van der Waals surface area contributed by atoms with E-state index in [0.29, 0.717) is 22.2 Å². The summed E-state index contributed by atoms with van der Waals surface area (Å²) in [6.45, 7) is 0.408. The van der Waals surface area contributed by atoms with Crippen LogP contribution < -0.4 is 32.6 Å². The first kappa shape index (κ1) is 42.6. The molecule has 0 bridgehead atoms. The monoisotopic (exact) mass is 803 g/mol. The fraction of sp³-hybridized carbons (Fsp3) is 0.297. The molecule has 56 heavy (non-hydrogen) atoms. The van der Waals surface area contributed by atoms with Crippen molar-refractivity contribution in [2.75, 3.05) is 38.6 Å². The highest BCUT2D eigenvalue weighted by Gasteiger charge is 2.24. The van der Waals surface area contributed by atoms with E-state index in [1.807, 2.05) is 6.07 Å². The molecule has 0 unspecified atom stereocenters. The lowest BCUT2D eigenvalue weighted by atomic mass is 9.97. The van der Waals surface area contributed by atoms with E-state index in [1.54, 1.807) is 48.5 Å². The number of anilines is 1. The van der Waals surface area contributed by atoms with Crippen LogP contribution in [0.5, 0.6) is 5.75 Å². The Labute approximate surface area is 330 Å². The number of nitrogen functional groups attached to an aromatic ring is 1. The van der Waals surface area contributed by atoms with E-state index >= 15 is 0 Å². The van der Waals surface area contributed by atoms with Crippen LogP contribution in [0.2, 0.25) is 5.02 Å². The molecule has 2 heterocycles. The number of amides is 2. The Kier molecular flexibility index (Phi) is 16.0. The van der Waals surface area contributed by atoms with Crippen LogP contribution in [0.15, 0.2) is 64.2 Å². The molecule has 4 aromatic rings. The summed E-state index contributed by atoms with van der Waals surface area (Å²) in [6, 6.07) is 16.5. The highest BCUT2D eigenvalue weighted by atomic mass is 35.5. The Morgan fingerprint density at radius 1 is 0.929 bits per heavy atom. The Morgan fingerprint density at radius 2 is 1.59 bits per heavy atom. The quantitative estimate of drug-likeness (QED) is 0.0673. The molecular weight excluding hydrogens is 766 g/mol. The normalized spacial score (nSPS) is 11.7. The first-order valence-corrected chi connectivity index (χ1v) is 18.3. The maximum Gasteiger partial charge on any atom is 0.328 e. The summed E-state index contributed by atoms with van der Waals surface area (Å²) in [5.74, 6) is -1.63. The molecule has 0 saturated heterocycles. The number of nitrogens with one attached hydrogen (secondary N) is 2. The number of carbonyl (C=O) groups excluding carboxylic acids is 4. The van der Waals surface area contributed by atoms with Gasteiger partial charge < -0.3 is 46.5 Å². The third-order valence-corrected chi connectivity index (χ3v) is 8.87. The van der Waals surface area contributed by atoms with Gasteiger partial charge in [0.25, 0.3) is 0 Å². The van der Waals surface area contributed by atoms with Gasteiger partial charge >= 0.3 is 11.9 Å². The lowest BCUT2D eigenvalue weighted by Gasteiger charge is -2.20. The zero-order valence-corrected chi connectivity index (χ0v) is 31.7. The maximum atomic E-state index is 12.5. The predicted octanol–water partition coefficient (Wildman–Crippen LogP) is 2.83. The molecule has 17 nitrogen and oxygen atoms in total. The molecule has 292 valence electrons. The number of hydrogen-bond acceptors (Lipinski definition) is 16. The highest BCUT2D eigenvalue weighted by Crippen LogP contribution is 2.37. The van der Waals surface area contributed by atoms with Crippen LogP contribution in [0.1, 0.15) is 36.6 Å². The number of pyridine rings is 1. The predicted molar refractivity (Wildman–Crippen MR) is 204 cm³/mol. The SMILES string of the molecule is C[C@H](NC(=O)CCN)C(=O)OC[C@H](COc1ccc(-c2c(C#N)c(N)nc(SCc3coc(-c4ccc(Cl)cc4)n3)c2C#N)cc1)OC(=O)CNC(=O)CCN. The molecule has 2 amide bonds. The zero-order valence-electron chi connectivity index (χ0n) is 30.1. The number of aromatic nitrogens is 2. The topological polar surface area (TPSA) is 285 Å². The molecule has 0 aliphatic heterocycles. The number of benzene rings is 2. The Balaban J connectivity index is 1.48. The first-order valence-electron chi connectivity index (χ1n) is 17.0. The van der Waals surface area contributed by atoms with E-state index < -0.39 is 49.1 Å². The summed E-state index contributed by atoms with van der Waals surface area (Å²) in [5.41, 5.74) is 19.1. The largest absolute Gasteiger partial charge is 0.490 e. The van der Waals surface area contributed by atoms with Crippen LogP contribution in [0.25, 0.3) is 22.6 Å². The summed E-state index contributed by atoms with van der Waals surface area (Å²) >= 11 is 7.18. The molecule has 0 fully saturated rings. The second kappa shape index (κ2) is 21.1. The minimum Gasteiger partial charge on any atom is -0.490 e. The summed E-state index contributed by atoms with van der Waals surface area (Å²) < 4.78 is 22.2. The number of hydrogen-bond donors (Lipinski definition) is 5. The van der Waals surface area contributed by atoms with Crippen LogP contribution in [-0.4, -0.2) is 78.7 Å². The summed E-state index contributed by atoms with van der Waals surface area (Å²) in [6.07, 6.45) is 0.388. The Hall–Kier alpha value is -6.18. The molecule has 2 aromatic heterocycles. The summed E-state index contributed by atoms with van der Waals surface area (Å²) in [4.78, 5) is 57.5. The lowest BCUT2D eigenvalue weighted by Crippen LogP contribution is -2.42. The van der Waals surface area contributed by atoms with E-state index in [9.17, 15) is 29.7 Å². The van der Waals surface area contributed by atoms with Crippen molar-refractivity contribution < 1.29 is 37.8 Å². The summed E-state index contributed by atoms with van der Waals surface area (Å²) in [7, 11) is 0. The van der Waals surface area contributed by atoms with E-state index in [1.165, 1.54) is 24.9 Å². The minimum absolute atomic E-state index is 0.00632. The van der Waals surface area contributed by atoms with Crippen LogP contribution in [0, 0.1) is 22.7 Å². The fourth-order valence-corrected chi connectivity index (χ4v) is 5.87. The Bertz CT molecular complexity index is 2100. The lowest BCUT2D eigenvalue weighted by molar-refractivity contribution is -0.161. The number of ether oxygens (including phenoxy) is 3. The molecule has 2 aromatic carbocycles. The van der Waals surface area contributed by atoms with Gasteiger partial charge in [-0.25, -0.2) is 14.8 Å². The van der Waals surface area contributed by atoms with Crippen molar-refractivity contribution in [3.8, 4) is 40.5 Å². The number of carbonyl (C=O) groups is 4. The van der Waals surface area contributed by atoms with Gasteiger partial charge in [0, 0.05) is 47.8 Å². The molecule has 4 rings (SSSR count). The standard InChI is InChI=1S/C37H38ClN9O8S/c1-21(45-31(49)11-13-40)37(51)54-19-27(55-32(50)16-44-30(48)10-12-39)18-52-26-8-4-22(5-9-26)33-28(14-41)34(43)47-36(29(33)15-42)56-20-25-17-53-35(46-25)23-2-6-24(38)7-3-23/h2-9,17,21,27H,10-13,16,18-20,39-40H2,1H3,(H2,43,47)(H,44,48)(H,45,49)/t21-,27-/m0/s1. The van der Waals surface area contributed by atoms with E-state index in [2.05, 4.69) is 26.7 Å². The first-order chi connectivity index (χ1) is 27.0. The average molecular weight is 804 g/mol. The van der Waals surface area contributed by atoms with Gasteiger partial charge in [-0.15, -0.1) is 0 Å². The number of nitrogens with two attached hydrogens (primary N) is 3. The van der Waals surface area contributed by atoms with E-state index in [0.717, 1.165) is 5.56 Å². The number of nitriles is 2. The number of oxazole rings is 1. The molecule has 8 N–H and O–H groups in total. The maximum absolute atomic E-state index is 12.5. The van der Waals surface area contributed by atoms with Gasteiger partial charge in [0.15, 0.2) is 6.10 Å². The third-order valence-electron chi connectivity index (χ3n) is 7.61. The minimum atomic E-state index is -1.13. The molecule has 0 aliphatic carbocycles. The van der Waals surface area contributed by atoms with Crippen molar-refractivity contribution in [1.82, 2.24) is 20.6 Å². The second-order valence-corrected chi connectivity index (χ2v) is 13.2. The van der Waals surface area contributed by atoms with Crippen molar-refractivity contribution in [2.45, 2.75) is 42.7 Å². The summed E-state index contributed by atoms with van der Waals surface area (Å²) in [5, 5.41) is 25.9. The van der Waals surface area contributed by atoms with Gasteiger partial charge in [0.2, 0.25) is 17.7 Å². The van der Waals surface area contributed by atoms with Gasteiger partial charge in [-0.2, -0.15) is 10.5 Å². The smallest absolute Gasteiger partial charge is 0.328 e. The third kappa shape index (κ3) is 12.2. The van der Waals surface area contributed by atoms with Crippen molar-refractivity contribution in [3.05, 3.63) is 76.6 Å². The van der Waals surface area contributed by atoms with Gasteiger partial charge in [-0.1, -0.05) is 35.5 Å². The number of nitrogens with zero attached hydrogens (tertiary/aromatic N) is 4. The van der Waals surface area contributed by atoms with Crippen LogP contribution in [0.4, 0.5) is 5.82 Å². The number of halogens is 1. The van der Waals surface area contributed by atoms with Crippen LogP contribution in [0.3, 0.4) is 0 Å². The zero-order chi connectivity index (χ0) is 40.6. The second-order valence-electron chi connectivity index (χ2n) is 11.8. The van der Waals surface area contributed by atoms with Crippen molar-refractivity contribution in [3.63, 3.8) is 0 Å². The molecule has 0 saturated carbocycles. The van der Waals surface area contributed by atoms with E-state index in [4.69, 9.17) is 47.4 Å². The van der Waals surface area contributed by atoms with Crippen molar-refractivity contribution >= 4 is 52.9 Å². The molecule has 0 spiro atoms. The number of rotatable bonds is 19. The highest BCUT2D eigenvalue weighted by molar-refractivity contribution is 7.98. The van der Waals surface area contributed by atoms with Crippen molar-refractivity contribution in [1.29, 1.82) is 10.5 Å². The van der Waals surface area contributed by atoms with E-state index in [-0.39, 0.29) is 71.6 Å². The molecule has 0 aliphatic rings. The molecular formula is C37H38ClN9O8S. The molecule has 19 heteroatoms. The van der Waals surface area contributed by atoms with Gasteiger partial charge in [-0.3, -0.25) is 14.4 Å². The van der Waals surface area contributed by atoms with Gasteiger partial charge in [0.1, 0.15) is 66.4 Å².